The van der Waals surface area contributed by atoms with Crippen molar-refractivity contribution < 1.29 is 9.59 Å². The van der Waals surface area contributed by atoms with Crippen molar-refractivity contribution in [1.82, 2.24) is 20.4 Å². The summed E-state index contributed by atoms with van der Waals surface area (Å²) >= 11 is 0. The minimum Gasteiger partial charge on any atom is -0.352 e. The van der Waals surface area contributed by atoms with Gasteiger partial charge in [-0.05, 0) is 26.3 Å². The number of rotatable bonds is 5. The molecule has 2 heterocycles. The van der Waals surface area contributed by atoms with Gasteiger partial charge in [0.1, 0.15) is 0 Å². The largest absolute Gasteiger partial charge is 0.352 e. The molecule has 2 fully saturated rings. The number of carbonyl (C=O) groups excluding carboxylic acids is 2. The van der Waals surface area contributed by atoms with Crippen molar-refractivity contribution in [2.24, 2.45) is 5.41 Å². The average Bonchev–Trinajstić information content (AvgIpc) is 2.53. The van der Waals surface area contributed by atoms with E-state index in [1.54, 1.807) is 6.08 Å². The lowest BCUT2D eigenvalue weighted by Crippen LogP contribution is -2.56. The molecular weight excluding hydrogens is 351 g/mol. The van der Waals surface area contributed by atoms with Gasteiger partial charge in [0.25, 0.3) is 0 Å². The smallest absolute Gasteiger partial charge is 0.234 e. The van der Waals surface area contributed by atoms with E-state index in [2.05, 4.69) is 29.0 Å². The number of piperidine rings is 1. The van der Waals surface area contributed by atoms with E-state index in [-0.39, 0.29) is 42.0 Å². The van der Waals surface area contributed by atoms with E-state index < -0.39 is 0 Å². The van der Waals surface area contributed by atoms with Crippen molar-refractivity contribution in [1.29, 1.82) is 0 Å². The SMILES string of the molecule is C=CCNC(=O)CN1CCN(C(=O)C2(C)CCCNC2)CC1.Cl.Cl. The third kappa shape index (κ3) is 6.24. The predicted molar refractivity (Wildman–Crippen MR) is 101 cm³/mol. The minimum atomic E-state index is -0.262. The lowest BCUT2D eigenvalue weighted by molar-refractivity contribution is -0.144. The van der Waals surface area contributed by atoms with E-state index in [1.807, 2.05) is 4.90 Å². The highest BCUT2D eigenvalue weighted by Gasteiger charge is 2.38. The Morgan fingerprint density at radius 1 is 1.25 bits per heavy atom. The Hall–Kier alpha value is -0.820. The van der Waals surface area contributed by atoms with Crippen LogP contribution < -0.4 is 10.6 Å². The molecule has 140 valence electrons. The first-order valence-corrected chi connectivity index (χ1v) is 8.15. The Morgan fingerprint density at radius 3 is 2.46 bits per heavy atom. The first-order chi connectivity index (χ1) is 10.5. The van der Waals surface area contributed by atoms with E-state index in [9.17, 15) is 9.59 Å². The van der Waals surface area contributed by atoms with Crippen LogP contribution in [0.15, 0.2) is 12.7 Å². The molecule has 1 unspecified atom stereocenters. The van der Waals surface area contributed by atoms with E-state index in [1.165, 1.54) is 0 Å². The van der Waals surface area contributed by atoms with Gasteiger partial charge < -0.3 is 15.5 Å². The quantitative estimate of drug-likeness (QED) is 0.687. The molecule has 0 aliphatic carbocycles. The Labute approximate surface area is 157 Å². The van der Waals surface area contributed by atoms with Crippen LogP contribution in [0.4, 0.5) is 0 Å². The van der Waals surface area contributed by atoms with Gasteiger partial charge in [0.15, 0.2) is 0 Å². The molecule has 2 aliphatic rings. The normalized spacial score (nSPS) is 24.3. The summed E-state index contributed by atoms with van der Waals surface area (Å²) in [5.74, 6) is 0.276. The number of carbonyl (C=O) groups is 2. The minimum absolute atomic E-state index is 0. The van der Waals surface area contributed by atoms with Crippen molar-refractivity contribution >= 4 is 36.6 Å². The predicted octanol–water partition coefficient (Wildman–Crippen LogP) is 0.666. The van der Waals surface area contributed by atoms with Gasteiger partial charge in [0, 0.05) is 39.3 Å². The van der Waals surface area contributed by atoms with Gasteiger partial charge in [-0.25, -0.2) is 0 Å². The lowest BCUT2D eigenvalue weighted by Gasteiger charge is -2.41. The topological polar surface area (TPSA) is 64.7 Å². The molecule has 24 heavy (non-hydrogen) atoms. The van der Waals surface area contributed by atoms with Gasteiger partial charge in [0.2, 0.25) is 11.8 Å². The van der Waals surface area contributed by atoms with Gasteiger partial charge in [-0.3, -0.25) is 14.5 Å². The number of piperazine rings is 1. The average molecular weight is 381 g/mol. The fourth-order valence-electron chi connectivity index (χ4n) is 3.17. The van der Waals surface area contributed by atoms with Crippen LogP contribution in [0.25, 0.3) is 0 Å². The van der Waals surface area contributed by atoms with Gasteiger partial charge >= 0.3 is 0 Å². The molecule has 2 saturated heterocycles. The number of hydrogen-bond donors (Lipinski definition) is 2. The first-order valence-electron chi connectivity index (χ1n) is 8.15. The molecular formula is C16H30Cl2N4O2. The van der Waals surface area contributed by atoms with Gasteiger partial charge in [-0.1, -0.05) is 6.08 Å². The van der Waals surface area contributed by atoms with Crippen LogP contribution >= 0.6 is 24.8 Å². The number of halogens is 2. The highest BCUT2D eigenvalue weighted by atomic mass is 35.5. The summed E-state index contributed by atoms with van der Waals surface area (Å²) in [5.41, 5.74) is -0.262. The summed E-state index contributed by atoms with van der Waals surface area (Å²) in [7, 11) is 0. The zero-order valence-corrected chi connectivity index (χ0v) is 16.0. The van der Waals surface area contributed by atoms with Crippen molar-refractivity contribution in [2.75, 3.05) is 52.4 Å². The molecule has 0 aromatic rings. The highest BCUT2D eigenvalue weighted by Crippen LogP contribution is 2.28. The number of nitrogens with zero attached hydrogens (tertiary/aromatic N) is 2. The summed E-state index contributed by atoms with van der Waals surface area (Å²) in [6.07, 6.45) is 3.70. The molecule has 6 nitrogen and oxygen atoms in total. The zero-order valence-electron chi connectivity index (χ0n) is 14.4. The summed E-state index contributed by atoms with van der Waals surface area (Å²) in [6.45, 7) is 11.3. The Kier molecular flexibility index (Phi) is 10.6. The third-order valence-corrected chi connectivity index (χ3v) is 4.58. The van der Waals surface area contributed by atoms with Crippen LogP contribution in [0, 0.1) is 5.41 Å². The van der Waals surface area contributed by atoms with E-state index >= 15 is 0 Å². The molecule has 2 rings (SSSR count). The van der Waals surface area contributed by atoms with Crippen molar-refractivity contribution in [3.8, 4) is 0 Å². The molecule has 0 spiro atoms. The van der Waals surface area contributed by atoms with Gasteiger partial charge in [-0.2, -0.15) is 0 Å². The van der Waals surface area contributed by atoms with Crippen LogP contribution in [0.5, 0.6) is 0 Å². The van der Waals surface area contributed by atoms with E-state index in [0.29, 0.717) is 26.2 Å². The van der Waals surface area contributed by atoms with Crippen molar-refractivity contribution in [2.45, 2.75) is 19.8 Å². The Balaban J connectivity index is 0.00000264. The summed E-state index contributed by atoms with van der Waals surface area (Å²) in [6, 6.07) is 0. The Bertz CT molecular complexity index is 420. The van der Waals surface area contributed by atoms with Crippen LogP contribution in [0.1, 0.15) is 19.8 Å². The zero-order chi connectivity index (χ0) is 16.0. The summed E-state index contributed by atoms with van der Waals surface area (Å²) < 4.78 is 0. The molecule has 8 heteroatoms. The maximum absolute atomic E-state index is 12.7. The summed E-state index contributed by atoms with van der Waals surface area (Å²) in [4.78, 5) is 28.5. The molecule has 0 aromatic heterocycles. The summed E-state index contributed by atoms with van der Waals surface area (Å²) in [5, 5.41) is 6.11. The fraction of sp³-hybridized carbons (Fsp3) is 0.750. The number of nitrogens with one attached hydrogen (secondary N) is 2. The molecule has 1 atom stereocenters. The number of hydrogen-bond acceptors (Lipinski definition) is 4. The monoisotopic (exact) mass is 380 g/mol. The van der Waals surface area contributed by atoms with E-state index in [0.717, 1.165) is 39.0 Å². The van der Waals surface area contributed by atoms with Crippen LogP contribution in [0.3, 0.4) is 0 Å². The Morgan fingerprint density at radius 2 is 1.92 bits per heavy atom. The second-order valence-corrected chi connectivity index (χ2v) is 6.50. The van der Waals surface area contributed by atoms with Crippen LogP contribution in [-0.4, -0.2) is 74.0 Å². The lowest BCUT2D eigenvalue weighted by atomic mass is 9.81. The fourth-order valence-corrected chi connectivity index (χ4v) is 3.17. The molecule has 0 radical (unpaired) electrons. The van der Waals surface area contributed by atoms with Gasteiger partial charge in [-0.15, -0.1) is 31.4 Å². The first kappa shape index (κ1) is 23.2. The van der Waals surface area contributed by atoms with Gasteiger partial charge in [0.05, 0.1) is 12.0 Å². The molecule has 2 aliphatic heterocycles. The van der Waals surface area contributed by atoms with Crippen molar-refractivity contribution in [3.05, 3.63) is 12.7 Å². The highest BCUT2D eigenvalue weighted by molar-refractivity contribution is 5.85. The second kappa shape index (κ2) is 10.9. The molecule has 0 bridgehead atoms. The number of amides is 2. The molecule has 2 amide bonds. The maximum atomic E-state index is 12.7. The molecule has 0 aromatic carbocycles. The molecule has 0 saturated carbocycles. The van der Waals surface area contributed by atoms with E-state index in [4.69, 9.17) is 0 Å². The van der Waals surface area contributed by atoms with Crippen LogP contribution in [0.2, 0.25) is 0 Å². The standard InChI is InChI=1S/C16H28N4O2.2ClH/c1-3-6-18-14(21)12-19-8-10-20(11-9-19)15(22)16(2)5-4-7-17-13-16;;/h3,17H,1,4-13H2,2H3,(H,18,21);2*1H. The second-order valence-electron chi connectivity index (χ2n) is 6.50. The molecule has 2 N–H and O–H groups in total. The third-order valence-electron chi connectivity index (χ3n) is 4.58. The maximum Gasteiger partial charge on any atom is 0.234 e. The van der Waals surface area contributed by atoms with Crippen molar-refractivity contribution in [3.63, 3.8) is 0 Å². The van der Waals surface area contributed by atoms with Crippen LogP contribution in [-0.2, 0) is 9.59 Å².